The first-order chi connectivity index (χ1) is 14.7. The average molecular weight is 423 g/mol. The number of pyridine rings is 1. The molecule has 1 aliphatic heterocycles. The van der Waals surface area contributed by atoms with Crippen LogP contribution in [0.5, 0.6) is 10.9 Å². The lowest BCUT2D eigenvalue weighted by Crippen LogP contribution is -2.40. The largest absolute Gasteiger partial charge is 0.464 e. The Kier molecular flexibility index (Phi) is 5.10. The standard InChI is InChI=1S/C22H22N4O3S/c1-14(27)26-9-3-4-16(26)12-23-11-15-13-28-20-10-17(6-7-18(15)20)29-22-25-19-5-2-8-24-21(19)30-22/h2,5-8,10,13,16,23H,3-4,9,11-12H2,1H3. The van der Waals surface area contributed by atoms with Crippen molar-refractivity contribution in [1.82, 2.24) is 20.2 Å². The average Bonchev–Trinajstić information content (AvgIpc) is 3.46. The fourth-order valence-electron chi connectivity index (χ4n) is 3.99. The Hall–Kier alpha value is -2.97. The number of rotatable bonds is 6. The Labute approximate surface area is 177 Å². The van der Waals surface area contributed by atoms with Gasteiger partial charge in [0.25, 0.3) is 5.19 Å². The maximum atomic E-state index is 11.7. The highest BCUT2D eigenvalue weighted by molar-refractivity contribution is 7.19. The van der Waals surface area contributed by atoms with Gasteiger partial charge in [-0.2, -0.15) is 0 Å². The minimum Gasteiger partial charge on any atom is -0.464 e. The molecule has 1 N–H and O–H groups in total. The molecule has 8 heteroatoms. The van der Waals surface area contributed by atoms with Crippen molar-refractivity contribution < 1.29 is 13.9 Å². The van der Waals surface area contributed by atoms with Gasteiger partial charge in [-0.15, -0.1) is 0 Å². The molecule has 3 aromatic heterocycles. The zero-order valence-corrected chi connectivity index (χ0v) is 17.4. The molecular weight excluding hydrogens is 400 g/mol. The third kappa shape index (κ3) is 3.76. The first kappa shape index (κ1) is 19.0. The van der Waals surface area contributed by atoms with Gasteiger partial charge >= 0.3 is 0 Å². The minimum absolute atomic E-state index is 0.157. The summed E-state index contributed by atoms with van der Waals surface area (Å²) < 4.78 is 11.7. The van der Waals surface area contributed by atoms with Crippen molar-refractivity contribution >= 4 is 38.6 Å². The van der Waals surface area contributed by atoms with Gasteiger partial charge in [-0.25, -0.2) is 9.97 Å². The maximum absolute atomic E-state index is 11.7. The number of hydrogen-bond donors (Lipinski definition) is 1. The van der Waals surface area contributed by atoms with Gasteiger partial charge < -0.3 is 19.4 Å². The van der Waals surface area contributed by atoms with Gasteiger partial charge in [0.2, 0.25) is 5.91 Å². The zero-order chi connectivity index (χ0) is 20.5. The van der Waals surface area contributed by atoms with Crippen LogP contribution >= 0.6 is 11.3 Å². The number of carbonyl (C=O) groups is 1. The number of amides is 1. The van der Waals surface area contributed by atoms with E-state index in [0.29, 0.717) is 17.5 Å². The number of aromatic nitrogens is 2. The smallest absolute Gasteiger partial charge is 0.281 e. The normalized spacial score (nSPS) is 16.6. The lowest BCUT2D eigenvalue weighted by atomic mass is 10.1. The molecule has 1 amide bonds. The van der Waals surface area contributed by atoms with Crippen LogP contribution < -0.4 is 10.1 Å². The fraction of sp³-hybridized carbons (Fsp3) is 0.318. The van der Waals surface area contributed by atoms with Crippen molar-refractivity contribution in [2.75, 3.05) is 13.1 Å². The van der Waals surface area contributed by atoms with Crippen LogP contribution in [-0.4, -0.2) is 39.9 Å². The molecular formula is C22H22N4O3S. The molecule has 1 atom stereocenters. The molecule has 0 spiro atoms. The van der Waals surface area contributed by atoms with E-state index in [1.165, 1.54) is 11.3 Å². The Morgan fingerprint density at radius 1 is 1.40 bits per heavy atom. The quantitative estimate of drug-likeness (QED) is 0.498. The van der Waals surface area contributed by atoms with Gasteiger partial charge in [0.05, 0.1) is 6.26 Å². The highest BCUT2D eigenvalue weighted by Crippen LogP contribution is 2.32. The van der Waals surface area contributed by atoms with Gasteiger partial charge in [0, 0.05) is 55.8 Å². The third-order valence-corrected chi connectivity index (χ3v) is 6.31. The van der Waals surface area contributed by atoms with Crippen molar-refractivity contribution in [3.63, 3.8) is 0 Å². The molecule has 1 aliphatic rings. The van der Waals surface area contributed by atoms with E-state index in [2.05, 4.69) is 15.3 Å². The summed E-state index contributed by atoms with van der Waals surface area (Å²) in [6.07, 6.45) is 5.66. The van der Waals surface area contributed by atoms with Crippen molar-refractivity contribution in [1.29, 1.82) is 0 Å². The first-order valence-electron chi connectivity index (χ1n) is 10.0. The summed E-state index contributed by atoms with van der Waals surface area (Å²) in [4.78, 5) is 23.3. The third-order valence-electron chi connectivity index (χ3n) is 5.46. The Bertz CT molecular complexity index is 1170. The SMILES string of the molecule is CC(=O)N1CCCC1CNCc1coc2cc(Oc3nc4cccnc4s3)ccc12. The molecule has 4 heterocycles. The van der Waals surface area contributed by atoms with Crippen LogP contribution in [0.25, 0.3) is 21.3 Å². The number of nitrogens with one attached hydrogen (secondary N) is 1. The van der Waals surface area contributed by atoms with Gasteiger partial charge in [-0.1, -0.05) is 11.3 Å². The molecule has 0 radical (unpaired) electrons. The van der Waals surface area contributed by atoms with E-state index in [1.54, 1.807) is 19.4 Å². The van der Waals surface area contributed by atoms with Crippen molar-refractivity contribution in [2.24, 2.45) is 0 Å². The molecule has 5 rings (SSSR count). The second-order valence-corrected chi connectivity index (χ2v) is 8.41. The van der Waals surface area contributed by atoms with Crippen molar-refractivity contribution in [3.05, 3.63) is 48.4 Å². The second kappa shape index (κ2) is 8.04. The summed E-state index contributed by atoms with van der Waals surface area (Å²) in [5.74, 6) is 0.836. The molecule has 30 heavy (non-hydrogen) atoms. The van der Waals surface area contributed by atoms with E-state index >= 15 is 0 Å². The fourth-order valence-corrected chi connectivity index (χ4v) is 4.77. The number of ether oxygens (including phenoxy) is 1. The van der Waals surface area contributed by atoms with E-state index in [-0.39, 0.29) is 11.9 Å². The van der Waals surface area contributed by atoms with Crippen LogP contribution in [0.1, 0.15) is 25.3 Å². The van der Waals surface area contributed by atoms with E-state index in [9.17, 15) is 4.79 Å². The zero-order valence-electron chi connectivity index (χ0n) is 16.6. The van der Waals surface area contributed by atoms with Crippen LogP contribution in [0.15, 0.2) is 47.2 Å². The Balaban J connectivity index is 1.25. The molecule has 0 aliphatic carbocycles. The van der Waals surface area contributed by atoms with E-state index in [4.69, 9.17) is 9.15 Å². The van der Waals surface area contributed by atoms with Gasteiger partial charge in [-0.05, 0) is 37.1 Å². The van der Waals surface area contributed by atoms with Crippen LogP contribution in [0.3, 0.4) is 0 Å². The molecule has 1 saturated heterocycles. The highest BCUT2D eigenvalue weighted by Gasteiger charge is 2.25. The first-order valence-corrected chi connectivity index (χ1v) is 10.9. The number of fused-ring (bicyclic) bond motifs is 2. The summed E-state index contributed by atoms with van der Waals surface area (Å²) in [6, 6.07) is 9.88. The van der Waals surface area contributed by atoms with Crippen LogP contribution in [-0.2, 0) is 11.3 Å². The number of nitrogens with zero attached hydrogens (tertiary/aromatic N) is 3. The maximum Gasteiger partial charge on any atom is 0.281 e. The number of likely N-dealkylation sites (tertiary alicyclic amines) is 1. The number of thiazole rings is 1. The summed E-state index contributed by atoms with van der Waals surface area (Å²) in [5.41, 5.74) is 2.69. The topological polar surface area (TPSA) is 80.5 Å². The number of carbonyl (C=O) groups excluding carboxylic acids is 1. The molecule has 7 nitrogen and oxygen atoms in total. The number of hydrogen-bond acceptors (Lipinski definition) is 7. The molecule has 154 valence electrons. The summed E-state index contributed by atoms with van der Waals surface area (Å²) in [6.45, 7) is 3.99. The highest BCUT2D eigenvalue weighted by atomic mass is 32.1. The van der Waals surface area contributed by atoms with E-state index < -0.39 is 0 Å². The monoisotopic (exact) mass is 422 g/mol. The van der Waals surface area contributed by atoms with Gasteiger partial charge in [-0.3, -0.25) is 4.79 Å². The predicted octanol–water partition coefficient (Wildman–Crippen LogP) is 4.33. The Morgan fingerprint density at radius 2 is 2.33 bits per heavy atom. The van der Waals surface area contributed by atoms with E-state index in [1.807, 2.05) is 35.2 Å². The second-order valence-electron chi connectivity index (χ2n) is 7.47. The van der Waals surface area contributed by atoms with Crippen LogP contribution in [0, 0.1) is 0 Å². The molecule has 1 unspecified atom stereocenters. The molecule has 0 saturated carbocycles. The van der Waals surface area contributed by atoms with E-state index in [0.717, 1.165) is 52.8 Å². The molecule has 1 fully saturated rings. The van der Waals surface area contributed by atoms with Gasteiger partial charge in [0.1, 0.15) is 21.7 Å². The molecule has 0 bridgehead atoms. The van der Waals surface area contributed by atoms with Gasteiger partial charge in [0.15, 0.2) is 0 Å². The number of furan rings is 1. The summed E-state index contributed by atoms with van der Waals surface area (Å²) in [7, 11) is 0. The molecule has 4 aromatic rings. The van der Waals surface area contributed by atoms with Crippen LogP contribution in [0.2, 0.25) is 0 Å². The van der Waals surface area contributed by atoms with Crippen LogP contribution in [0.4, 0.5) is 0 Å². The summed E-state index contributed by atoms with van der Waals surface area (Å²) in [5, 5.41) is 5.09. The van der Waals surface area contributed by atoms with Crippen molar-refractivity contribution in [2.45, 2.75) is 32.4 Å². The predicted molar refractivity (Wildman–Crippen MR) is 116 cm³/mol. The minimum atomic E-state index is 0.157. The lowest BCUT2D eigenvalue weighted by Gasteiger charge is -2.23. The molecule has 1 aromatic carbocycles. The lowest BCUT2D eigenvalue weighted by molar-refractivity contribution is -0.129. The number of benzene rings is 1. The Morgan fingerprint density at radius 3 is 3.20 bits per heavy atom. The van der Waals surface area contributed by atoms with Crippen molar-refractivity contribution in [3.8, 4) is 10.9 Å². The summed E-state index contributed by atoms with van der Waals surface area (Å²) >= 11 is 1.41.